The molecule has 21 heavy (non-hydrogen) atoms. The van der Waals surface area contributed by atoms with E-state index in [1.165, 1.54) is 0 Å². The first-order valence-electron chi connectivity index (χ1n) is 6.61. The molecule has 2 heterocycles. The number of carbonyl (C=O) groups excluding carboxylic acids is 1. The van der Waals surface area contributed by atoms with Crippen LogP contribution in [0.25, 0.3) is 11.0 Å². The Morgan fingerprint density at radius 3 is 2.90 bits per heavy atom. The fourth-order valence-electron chi connectivity index (χ4n) is 2.16. The Kier molecular flexibility index (Phi) is 3.39. The van der Waals surface area contributed by atoms with Crippen LogP contribution in [-0.2, 0) is 11.3 Å². The SMILES string of the molecule is CCOC(=O)c1oc2ccccc2c1Cn1nnnc1C. The van der Waals surface area contributed by atoms with Crippen LogP contribution in [0.4, 0.5) is 0 Å². The van der Waals surface area contributed by atoms with E-state index >= 15 is 0 Å². The van der Waals surface area contributed by atoms with Gasteiger partial charge in [0.25, 0.3) is 0 Å². The molecule has 0 bridgehead atoms. The molecule has 0 unspecified atom stereocenters. The number of rotatable bonds is 4. The number of aryl methyl sites for hydroxylation is 1. The van der Waals surface area contributed by atoms with E-state index in [-0.39, 0.29) is 5.76 Å². The van der Waals surface area contributed by atoms with E-state index in [9.17, 15) is 4.79 Å². The molecule has 0 spiro atoms. The molecular formula is C14H14N4O3. The summed E-state index contributed by atoms with van der Waals surface area (Å²) in [6, 6.07) is 7.46. The van der Waals surface area contributed by atoms with Crippen LogP contribution in [0, 0.1) is 6.92 Å². The second kappa shape index (κ2) is 5.35. The summed E-state index contributed by atoms with van der Waals surface area (Å²) in [5, 5.41) is 12.2. The average molecular weight is 286 g/mol. The molecular weight excluding hydrogens is 272 g/mol. The van der Waals surface area contributed by atoms with Gasteiger partial charge in [-0.15, -0.1) is 5.10 Å². The number of carbonyl (C=O) groups is 1. The smallest absolute Gasteiger partial charge is 0.374 e. The lowest BCUT2D eigenvalue weighted by atomic mass is 10.1. The summed E-state index contributed by atoms with van der Waals surface area (Å²) in [6.07, 6.45) is 0. The minimum Gasteiger partial charge on any atom is -0.460 e. The van der Waals surface area contributed by atoms with Crippen molar-refractivity contribution in [2.75, 3.05) is 6.61 Å². The second-order valence-corrected chi connectivity index (χ2v) is 4.51. The third-order valence-electron chi connectivity index (χ3n) is 3.18. The largest absolute Gasteiger partial charge is 0.460 e. The predicted molar refractivity (Wildman–Crippen MR) is 73.8 cm³/mol. The first-order chi connectivity index (χ1) is 10.2. The quantitative estimate of drug-likeness (QED) is 0.682. The summed E-state index contributed by atoms with van der Waals surface area (Å²) in [4.78, 5) is 12.1. The van der Waals surface area contributed by atoms with Gasteiger partial charge in [-0.2, -0.15) is 0 Å². The highest BCUT2D eigenvalue weighted by Gasteiger charge is 2.22. The highest BCUT2D eigenvalue weighted by Crippen LogP contribution is 2.27. The van der Waals surface area contributed by atoms with Crippen molar-refractivity contribution in [2.45, 2.75) is 20.4 Å². The molecule has 0 N–H and O–H groups in total. The number of tetrazole rings is 1. The lowest BCUT2D eigenvalue weighted by molar-refractivity contribution is 0.0490. The molecule has 0 amide bonds. The van der Waals surface area contributed by atoms with Gasteiger partial charge in [-0.25, -0.2) is 9.48 Å². The zero-order valence-corrected chi connectivity index (χ0v) is 11.7. The molecule has 2 aromatic heterocycles. The number of benzene rings is 1. The molecule has 3 aromatic rings. The maximum absolute atomic E-state index is 12.1. The van der Waals surface area contributed by atoms with Crippen molar-refractivity contribution in [3.63, 3.8) is 0 Å². The molecule has 0 fully saturated rings. The van der Waals surface area contributed by atoms with E-state index in [2.05, 4.69) is 15.5 Å². The first-order valence-corrected chi connectivity index (χ1v) is 6.61. The molecule has 0 atom stereocenters. The van der Waals surface area contributed by atoms with Gasteiger partial charge in [0.05, 0.1) is 13.2 Å². The number of hydrogen-bond donors (Lipinski definition) is 0. The maximum atomic E-state index is 12.1. The lowest BCUT2D eigenvalue weighted by Crippen LogP contribution is -2.10. The summed E-state index contributed by atoms with van der Waals surface area (Å²) in [7, 11) is 0. The molecule has 108 valence electrons. The Hall–Kier alpha value is -2.70. The monoisotopic (exact) mass is 286 g/mol. The summed E-state index contributed by atoms with van der Waals surface area (Å²) in [6.45, 7) is 4.20. The van der Waals surface area contributed by atoms with Gasteiger partial charge in [-0.1, -0.05) is 18.2 Å². The van der Waals surface area contributed by atoms with E-state index in [0.29, 0.717) is 24.6 Å². The zero-order valence-electron chi connectivity index (χ0n) is 11.7. The Morgan fingerprint density at radius 2 is 2.19 bits per heavy atom. The van der Waals surface area contributed by atoms with E-state index in [1.54, 1.807) is 18.5 Å². The van der Waals surface area contributed by atoms with Crippen molar-refractivity contribution >= 4 is 16.9 Å². The molecule has 1 aromatic carbocycles. The van der Waals surface area contributed by atoms with Crippen LogP contribution in [0.2, 0.25) is 0 Å². The standard InChI is InChI=1S/C14H14N4O3/c1-3-20-14(19)13-11(8-18-9(2)15-16-17-18)10-6-4-5-7-12(10)21-13/h4-7H,3,8H2,1-2H3. The minimum atomic E-state index is -0.477. The number of esters is 1. The minimum absolute atomic E-state index is 0.202. The molecule has 0 saturated heterocycles. The third-order valence-corrected chi connectivity index (χ3v) is 3.18. The molecule has 3 rings (SSSR count). The van der Waals surface area contributed by atoms with Gasteiger partial charge in [-0.3, -0.25) is 0 Å². The number of hydrogen-bond acceptors (Lipinski definition) is 6. The normalized spacial score (nSPS) is 11.0. The highest BCUT2D eigenvalue weighted by atomic mass is 16.5. The number of nitrogens with zero attached hydrogens (tertiary/aromatic N) is 4. The summed E-state index contributed by atoms with van der Waals surface area (Å²) < 4.78 is 12.3. The summed E-state index contributed by atoms with van der Waals surface area (Å²) >= 11 is 0. The van der Waals surface area contributed by atoms with Gasteiger partial charge in [0.1, 0.15) is 11.4 Å². The summed E-state index contributed by atoms with van der Waals surface area (Å²) in [5.41, 5.74) is 1.36. The Labute approximate surface area is 120 Å². The molecule has 0 radical (unpaired) electrons. The molecule has 0 saturated carbocycles. The number of para-hydroxylation sites is 1. The number of furan rings is 1. The topological polar surface area (TPSA) is 83.0 Å². The van der Waals surface area contributed by atoms with Gasteiger partial charge in [0.15, 0.2) is 0 Å². The first kappa shape index (κ1) is 13.3. The van der Waals surface area contributed by atoms with E-state index in [1.807, 2.05) is 24.3 Å². The van der Waals surface area contributed by atoms with Crippen LogP contribution in [0.15, 0.2) is 28.7 Å². The molecule has 7 heteroatoms. The Bertz CT molecular complexity index is 790. The van der Waals surface area contributed by atoms with Crippen LogP contribution < -0.4 is 0 Å². The zero-order chi connectivity index (χ0) is 14.8. The van der Waals surface area contributed by atoms with Crippen molar-refractivity contribution in [2.24, 2.45) is 0 Å². The second-order valence-electron chi connectivity index (χ2n) is 4.51. The highest BCUT2D eigenvalue weighted by molar-refractivity contribution is 5.96. The fraction of sp³-hybridized carbons (Fsp3) is 0.286. The third kappa shape index (κ3) is 2.37. The van der Waals surface area contributed by atoms with Crippen molar-refractivity contribution < 1.29 is 13.9 Å². The Balaban J connectivity index is 2.11. The summed E-state index contributed by atoms with van der Waals surface area (Å²) in [5.74, 6) is 0.387. The fourth-order valence-corrected chi connectivity index (χ4v) is 2.16. The van der Waals surface area contributed by atoms with Crippen molar-refractivity contribution in [3.05, 3.63) is 41.4 Å². The van der Waals surface area contributed by atoms with Gasteiger partial charge < -0.3 is 9.15 Å². The van der Waals surface area contributed by atoms with Crippen LogP contribution in [0.3, 0.4) is 0 Å². The molecule has 7 nitrogen and oxygen atoms in total. The van der Waals surface area contributed by atoms with Gasteiger partial charge in [0.2, 0.25) is 5.76 Å². The van der Waals surface area contributed by atoms with Gasteiger partial charge >= 0.3 is 5.97 Å². The number of aromatic nitrogens is 4. The van der Waals surface area contributed by atoms with Crippen LogP contribution in [0.1, 0.15) is 28.9 Å². The van der Waals surface area contributed by atoms with E-state index < -0.39 is 5.97 Å². The predicted octanol–water partition coefficient (Wildman–Crippen LogP) is 1.95. The number of ether oxygens (including phenoxy) is 1. The number of fused-ring (bicyclic) bond motifs is 1. The lowest BCUT2D eigenvalue weighted by Gasteiger charge is -2.03. The Morgan fingerprint density at radius 1 is 1.38 bits per heavy atom. The van der Waals surface area contributed by atoms with E-state index in [0.717, 1.165) is 10.9 Å². The molecule has 0 aliphatic heterocycles. The van der Waals surface area contributed by atoms with Crippen molar-refractivity contribution in [1.82, 2.24) is 20.2 Å². The van der Waals surface area contributed by atoms with Crippen molar-refractivity contribution in [1.29, 1.82) is 0 Å². The van der Waals surface area contributed by atoms with E-state index in [4.69, 9.17) is 9.15 Å². The van der Waals surface area contributed by atoms with Crippen LogP contribution in [-0.4, -0.2) is 32.8 Å². The van der Waals surface area contributed by atoms with Gasteiger partial charge in [0, 0.05) is 10.9 Å². The van der Waals surface area contributed by atoms with Crippen LogP contribution >= 0.6 is 0 Å². The molecule has 0 aliphatic carbocycles. The molecule has 0 aliphatic rings. The van der Waals surface area contributed by atoms with Gasteiger partial charge in [-0.05, 0) is 30.3 Å². The maximum Gasteiger partial charge on any atom is 0.374 e. The van der Waals surface area contributed by atoms with Crippen LogP contribution in [0.5, 0.6) is 0 Å². The average Bonchev–Trinajstić information content (AvgIpc) is 3.05. The van der Waals surface area contributed by atoms with Crippen molar-refractivity contribution in [3.8, 4) is 0 Å².